The summed E-state index contributed by atoms with van der Waals surface area (Å²) < 4.78 is 24.5. The first-order valence-electron chi connectivity index (χ1n) is 6.90. The Kier molecular flexibility index (Phi) is 4.13. The molecule has 110 valence electrons. The van der Waals surface area contributed by atoms with Crippen LogP contribution < -0.4 is 10.1 Å². The third-order valence-electron chi connectivity index (χ3n) is 3.52. The van der Waals surface area contributed by atoms with Crippen molar-refractivity contribution in [3.05, 3.63) is 48.0 Å². The lowest BCUT2D eigenvalue weighted by atomic mass is 10.0. The quantitative estimate of drug-likeness (QED) is 0.942. The van der Waals surface area contributed by atoms with E-state index in [2.05, 4.69) is 10.3 Å². The molecule has 1 aliphatic heterocycles. The molecule has 1 unspecified atom stereocenters. The number of ether oxygens (including phenoxy) is 2. The minimum Gasteiger partial charge on any atom is -0.494 e. The van der Waals surface area contributed by atoms with Crippen molar-refractivity contribution in [1.82, 2.24) is 10.3 Å². The van der Waals surface area contributed by atoms with Crippen LogP contribution in [0.3, 0.4) is 0 Å². The van der Waals surface area contributed by atoms with Crippen molar-refractivity contribution in [1.29, 1.82) is 0 Å². The first kappa shape index (κ1) is 14.0. The molecule has 1 fully saturated rings. The molecule has 0 bridgehead atoms. The maximum absolute atomic E-state index is 13.8. The Balaban J connectivity index is 1.90. The van der Waals surface area contributed by atoms with Crippen molar-refractivity contribution in [3.8, 4) is 16.9 Å². The topological polar surface area (TPSA) is 43.4 Å². The molecule has 0 radical (unpaired) electrons. The number of methoxy groups -OCH3 is 1. The van der Waals surface area contributed by atoms with E-state index in [9.17, 15) is 4.39 Å². The van der Waals surface area contributed by atoms with Crippen molar-refractivity contribution < 1.29 is 13.9 Å². The molecule has 1 aromatic heterocycles. The van der Waals surface area contributed by atoms with Crippen LogP contribution in [0.25, 0.3) is 11.1 Å². The van der Waals surface area contributed by atoms with Gasteiger partial charge in [-0.25, -0.2) is 4.39 Å². The molecule has 2 heterocycles. The molecule has 3 rings (SSSR count). The van der Waals surface area contributed by atoms with Crippen LogP contribution in [-0.2, 0) is 4.74 Å². The predicted molar refractivity (Wildman–Crippen MR) is 77.7 cm³/mol. The molecule has 0 spiro atoms. The molecular formula is C16H17FN2O2. The summed E-state index contributed by atoms with van der Waals surface area (Å²) in [5, 5.41) is 3.28. The van der Waals surface area contributed by atoms with Gasteiger partial charge in [0.1, 0.15) is 6.10 Å². The Hall–Kier alpha value is -1.98. The van der Waals surface area contributed by atoms with Gasteiger partial charge in [0, 0.05) is 19.3 Å². The molecule has 1 N–H and O–H groups in total. The van der Waals surface area contributed by atoms with E-state index in [-0.39, 0.29) is 17.7 Å². The number of morpholine rings is 1. The molecule has 0 amide bonds. The van der Waals surface area contributed by atoms with Crippen LogP contribution in [0.1, 0.15) is 11.8 Å². The molecule has 21 heavy (non-hydrogen) atoms. The Labute approximate surface area is 122 Å². The highest BCUT2D eigenvalue weighted by atomic mass is 19.1. The van der Waals surface area contributed by atoms with Gasteiger partial charge in [0.2, 0.25) is 0 Å². The maximum atomic E-state index is 13.8. The van der Waals surface area contributed by atoms with Crippen LogP contribution in [0.15, 0.2) is 36.5 Å². The summed E-state index contributed by atoms with van der Waals surface area (Å²) in [6, 6.07) is 8.74. The minimum absolute atomic E-state index is 0.0539. The van der Waals surface area contributed by atoms with E-state index in [0.717, 1.165) is 29.9 Å². The van der Waals surface area contributed by atoms with Gasteiger partial charge in [-0.15, -0.1) is 0 Å². The molecule has 1 atom stereocenters. The average Bonchev–Trinajstić information content (AvgIpc) is 2.56. The molecular weight excluding hydrogens is 271 g/mol. The Bertz CT molecular complexity index is 627. The Morgan fingerprint density at radius 3 is 2.86 bits per heavy atom. The van der Waals surface area contributed by atoms with Crippen LogP contribution in [0.2, 0.25) is 0 Å². The molecule has 0 saturated carbocycles. The Morgan fingerprint density at radius 1 is 1.29 bits per heavy atom. The second kappa shape index (κ2) is 6.20. The largest absolute Gasteiger partial charge is 0.494 e. The van der Waals surface area contributed by atoms with Crippen LogP contribution in [-0.4, -0.2) is 31.8 Å². The van der Waals surface area contributed by atoms with Gasteiger partial charge >= 0.3 is 0 Å². The molecule has 1 saturated heterocycles. The van der Waals surface area contributed by atoms with Crippen molar-refractivity contribution in [2.45, 2.75) is 6.10 Å². The number of hydrogen-bond acceptors (Lipinski definition) is 4. The number of rotatable bonds is 3. The number of benzene rings is 1. The van der Waals surface area contributed by atoms with E-state index < -0.39 is 0 Å². The second-order valence-corrected chi connectivity index (χ2v) is 4.88. The monoisotopic (exact) mass is 288 g/mol. The van der Waals surface area contributed by atoms with E-state index in [1.165, 1.54) is 13.2 Å². The van der Waals surface area contributed by atoms with Crippen molar-refractivity contribution in [3.63, 3.8) is 0 Å². The fourth-order valence-electron chi connectivity index (χ4n) is 2.41. The van der Waals surface area contributed by atoms with Crippen molar-refractivity contribution in [2.75, 3.05) is 26.8 Å². The van der Waals surface area contributed by atoms with Gasteiger partial charge in [0.25, 0.3) is 0 Å². The molecule has 2 aromatic rings. The molecule has 4 nitrogen and oxygen atoms in total. The second-order valence-electron chi connectivity index (χ2n) is 4.88. The van der Waals surface area contributed by atoms with E-state index in [0.29, 0.717) is 6.61 Å². The van der Waals surface area contributed by atoms with E-state index >= 15 is 0 Å². The van der Waals surface area contributed by atoms with Gasteiger partial charge in [0.15, 0.2) is 11.6 Å². The summed E-state index contributed by atoms with van der Waals surface area (Å²) in [6.07, 6.45) is 1.67. The van der Waals surface area contributed by atoms with Crippen LogP contribution in [0, 0.1) is 5.82 Å². The number of pyridine rings is 1. The first-order valence-corrected chi connectivity index (χ1v) is 6.90. The average molecular weight is 288 g/mol. The van der Waals surface area contributed by atoms with Crippen molar-refractivity contribution in [2.24, 2.45) is 0 Å². The normalized spacial score (nSPS) is 18.5. The van der Waals surface area contributed by atoms with E-state index in [4.69, 9.17) is 9.47 Å². The third kappa shape index (κ3) is 3.04. The molecule has 0 aliphatic carbocycles. The number of aromatic nitrogens is 1. The fourth-order valence-corrected chi connectivity index (χ4v) is 2.41. The third-order valence-corrected chi connectivity index (χ3v) is 3.52. The zero-order valence-electron chi connectivity index (χ0n) is 11.8. The van der Waals surface area contributed by atoms with Gasteiger partial charge in [-0.3, -0.25) is 4.98 Å². The van der Waals surface area contributed by atoms with Gasteiger partial charge in [-0.2, -0.15) is 0 Å². The lowest BCUT2D eigenvalue weighted by molar-refractivity contribution is 0.0250. The van der Waals surface area contributed by atoms with E-state index in [1.807, 2.05) is 18.2 Å². The lowest BCUT2D eigenvalue weighted by Crippen LogP contribution is -2.33. The summed E-state index contributed by atoms with van der Waals surface area (Å²) in [5.41, 5.74) is 2.56. The van der Waals surface area contributed by atoms with Gasteiger partial charge < -0.3 is 14.8 Å². The SMILES string of the molecule is COc1ccc(-c2ccnc(C3CNCCO3)c2)cc1F. The summed E-state index contributed by atoms with van der Waals surface area (Å²) in [7, 11) is 1.45. The minimum atomic E-state index is -0.371. The number of nitrogens with zero attached hydrogens (tertiary/aromatic N) is 1. The Morgan fingerprint density at radius 2 is 2.14 bits per heavy atom. The standard InChI is InChI=1S/C16H17FN2O2/c1-20-15-3-2-11(8-13(15)17)12-4-5-19-14(9-12)16-10-18-6-7-21-16/h2-5,8-9,16,18H,6-7,10H2,1H3. The molecule has 1 aliphatic rings. The maximum Gasteiger partial charge on any atom is 0.165 e. The lowest BCUT2D eigenvalue weighted by Gasteiger charge is -2.23. The summed E-state index contributed by atoms with van der Waals surface area (Å²) in [5.74, 6) is -0.128. The van der Waals surface area contributed by atoms with Crippen molar-refractivity contribution >= 4 is 0 Å². The fraction of sp³-hybridized carbons (Fsp3) is 0.312. The van der Waals surface area contributed by atoms with E-state index in [1.54, 1.807) is 12.3 Å². The number of halogens is 1. The zero-order valence-corrected chi connectivity index (χ0v) is 11.8. The zero-order chi connectivity index (χ0) is 14.7. The highest BCUT2D eigenvalue weighted by Gasteiger charge is 2.17. The number of hydrogen-bond donors (Lipinski definition) is 1. The van der Waals surface area contributed by atoms with Crippen LogP contribution in [0.5, 0.6) is 5.75 Å². The number of nitrogens with one attached hydrogen (secondary N) is 1. The van der Waals surface area contributed by atoms with Crippen LogP contribution in [0.4, 0.5) is 4.39 Å². The van der Waals surface area contributed by atoms with Crippen LogP contribution >= 0.6 is 0 Å². The summed E-state index contributed by atoms with van der Waals surface area (Å²) in [4.78, 5) is 4.36. The summed E-state index contributed by atoms with van der Waals surface area (Å²) >= 11 is 0. The summed E-state index contributed by atoms with van der Waals surface area (Å²) in [6.45, 7) is 2.28. The predicted octanol–water partition coefficient (Wildman–Crippen LogP) is 2.56. The molecule has 5 heteroatoms. The van der Waals surface area contributed by atoms with Gasteiger partial charge in [0.05, 0.1) is 19.4 Å². The van der Waals surface area contributed by atoms with Gasteiger partial charge in [-0.05, 0) is 35.4 Å². The molecule has 1 aromatic carbocycles. The highest BCUT2D eigenvalue weighted by molar-refractivity contribution is 5.64. The highest BCUT2D eigenvalue weighted by Crippen LogP contribution is 2.27. The van der Waals surface area contributed by atoms with Gasteiger partial charge in [-0.1, -0.05) is 6.07 Å². The first-order chi connectivity index (χ1) is 10.3. The smallest absolute Gasteiger partial charge is 0.165 e.